The van der Waals surface area contributed by atoms with Crippen LogP contribution < -0.4 is 4.74 Å². The first-order chi connectivity index (χ1) is 9.64. The zero-order valence-electron chi connectivity index (χ0n) is 11.0. The van der Waals surface area contributed by atoms with Crippen molar-refractivity contribution in [3.8, 4) is 5.75 Å². The van der Waals surface area contributed by atoms with Crippen LogP contribution >= 0.6 is 15.9 Å². The molecule has 2 aliphatic carbocycles. The highest BCUT2D eigenvalue weighted by Crippen LogP contribution is 2.50. The Labute approximate surface area is 125 Å². The smallest absolute Gasteiger partial charge is 0.235 e. The van der Waals surface area contributed by atoms with E-state index in [-0.39, 0.29) is 5.82 Å². The van der Waals surface area contributed by atoms with Gasteiger partial charge in [-0.05, 0) is 66.1 Å². The Bertz CT molecular complexity index is 575. The minimum Gasteiger partial charge on any atom is -0.492 e. The molecule has 0 spiro atoms. The van der Waals surface area contributed by atoms with Gasteiger partial charge in [-0.3, -0.25) is 0 Å². The van der Waals surface area contributed by atoms with Gasteiger partial charge < -0.3 is 4.74 Å². The lowest BCUT2D eigenvalue weighted by molar-refractivity contribution is 0.232. The summed E-state index contributed by atoms with van der Waals surface area (Å²) in [5.41, 5.74) is 0.0188. The van der Waals surface area contributed by atoms with Crippen LogP contribution in [0.15, 0.2) is 21.6 Å². The van der Waals surface area contributed by atoms with Gasteiger partial charge in [-0.1, -0.05) is 0 Å². The molecule has 106 valence electrons. The number of hydrogen-bond acceptors (Lipinski definition) is 3. The van der Waals surface area contributed by atoms with Crippen LogP contribution in [0.2, 0.25) is 0 Å². The standard InChI is InChI=1S/C15H15BrFNO2/c16-13-7-11(17)6-12(14(13)20-8-10-2-3-10)15(18-9-19)4-1-5-15/h6-7,10H,1-5,8H2. The molecule has 0 aromatic heterocycles. The van der Waals surface area contributed by atoms with Crippen LogP contribution in [-0.2, 0) is 10.3 Å². The van der Waals surface area contributed by atoms with E-state index in [1.165, 1.54) is 25.0 Å². The summed E-state index contributed by atoms with van der Waals surface area (Å²) in [4.78, 5) is 14.7. The number of hydrogen-bond donors (Lipinski definition) is 0. The van der Waals surface area contributed by atoms with Crippen molar-refractivity contribution < 1.29 is 13.9 Å². The van der Waals surface area contributed by atoms with Crippen LogP contribution in [0.25, 0.3) is 0 Å². The monoisotopic (exact) mass is 339 g/mol. The maximum atomic E-state index is 13.7. The number of carbonyl (C=O) groups excluding carboxylic acids is 1. The summed E-state index contributed by atoms with van der Waals surface area (Å²) < 4.78 is 20.2. The average Bonchev–Trinajstić information content (AvgIpc) is 3.16. The second-order valence-corrected chi connectivity index (χ2v) is 6.46. The molecule has 0 bridgehead atoms. The van der Waals surface area contributed by atoms with E-state index < -0.39 is 5.54 Å². The normalized spacial score (nSPS) is 19.9. The van der Waals surface area contributed by atoms with Crippen molar-refractivity contribution in [2.45, 2.75) is 37.6 Å². The maximum Gasteiger partial charge on any atom is 0.235 e. The molecule has 3 nitrogen and oxygen atoms in total. The Balaban J connectivity index is 1.99. The van der Waals surface area contributed by atoms with E-state index in [0.717, 1.165) is 19.3 Å². The number of halogens is 2. The Hall–Kier alpha value is -1.19. The molecular formula is C15H15BrFNO2. The zero-order valence-corrected chi connectivity index (χ0v) is 12.6. The molecule has 0 aliphatic heterocycles. The number of rotatable bonds is 5. The predicted octanol–water partition coefficient (Wildman–Crippen LogP) is 4.09. The van der Waals surface area contributed by atoms with E-state index in [9.17, 15) is 9.18 Å². The van der Waals surface area contributed by atoms with Crippen LogP contribution in [0.1, 0.15) is 37.7 Å². The first-order valence-corrected chi connectivity index (χ1v) is 7.65. The predicted molar refractivity (Wildman–Crippen MR) is 76.0 cm³/mol. The molecule has 1 aromatic carbocycles. The number of ether oxygens (including phenoxy) is 1. The average molecular weight is 340 g/mol. The molecule has 0 amide bonds. The van der Waals surface area contributed by atoms with Crippen molar-refractivity contribution in [1.82, 2.24) is 0 Å². The Morgan fingerprint density at radius 2 is 2.20 bits per heavy atom. The highest BCUT2D eigenvalue weighted by Gasteiger charge is 2.42. The van der Waals surface area contributed by atoms with Crippen LogP contribution in [0.4, 0.5) is 4.39 Å². The third-order valence-corrected chi connectivity index (χ3v) is 4.70. The molecule has 0 radical (unpaired) electrons. The Kier molecular flexibility index (Phi) is 3.65. The quantitative estimate of drug-likeness (QED) is 0.598. The summed E-state index contributed by atoms with van der Waals surface area (Å²) in [6.07, 6.45) is 6.45. The topological polar surface area (TPSA) is 38.7 Å². The molecule has 0 heterocycles. The van der Waals surface area contributed by atoms with Gasteiger partial charge in [-0.25, -0.2) is 9.18 Å². The number of nitrogens with zero attached hydrogens (tertiary/aromatic N) is 1. The van der Waals surface area contributed by atoms with Crippen LogP contribution in [0, 0.1) is 11.7 Å². The molecule has 2 saturated carbocycles. The summed E-state index contributed by atoms with van der Waals surface area (Å²) in [5.74, 6) is 0.877. The minimum atomic E-state index is -0.648. The highest BCUT2D eigenvalue weighted by molar-refractivity contribution is 9.10. The van der Waals surface area contributed by atoms with E-state index in [1.807, 2.05) is 0 Å². The van der Waals surface area contributed by atoms with Crippen LogP contribution in [-0.4, -0.2) is 12.7 Å². The second-order valence-electron chi connectivity index (χ2n) is 5.61. The van der Waals surface area contributed by atoms with Crippen LogP contribution in [0.5, 0.6) is 5.75 Å². The lowest BCUT2D eigenvalue weighted by Gasteiger charge is -2.38. The molecular weight excluding hydrogens is 325 g/mol. The number of benzene rings is 1. The van der Waals surface area contributed by atoms with E-state index in [4.69, 9.17) is 4.74 Å². The Morgan fingerprint density at radius 1 is 1.45 bits per heavy atom. The van der Waals surface area contributed by atoms with Gasteiger partial charge >= 0.3 is 0 Å². The molecule has 20 heavy (non-hydrogen) atoms. The van der Waals surface area contributed by atoms with Gasteiger partial charge in [0.05, 0.1) is 11.1 Å². The Morgan fingerprint density at radius 3 is 2.75 bits per heavy atom. The van der Waals surface area contributed by atoms with E-state index >= 15 is 0 Å². The van der Waals surface area contributed by atoms with E-state index in [2.05, 4.69) is 20.9 Å². The zero-order chi connectivity index (χ0) is 14.2. The molecule has 2 fully saturated rings. The largest absolute Gasteiger partial charge is 0.492 e. The van der Waals surface area contributed by atoms with Gasteiger partial charge in [-0.15, -0.1) is 0 Å². The molecule has 0 unspecified atom stereocenters. The maximum absolute atomic E-state index is 13.7. The highest BCUT2D eigenvalue weighted by atomic mass is 79.9. The van der Waals surface area contributed by atoms with Gasteiger partial charge in [0.15, 0.2) is 0 Å². The molecule has 0 N–H and O–H groups in total. The lowest BCUT2D eigenvalue weighted by atomic mass is 9.72. The second kappa shape index (κ2) is 5.30. The molecule has 0 atom stereocenters. The number of aliphatic imine (C=N–C) groups is 1. The van der Waals surface area contributed by atoms with Gasteiger partial charge in [0.1, 0.15) is 17.1 Å². The summed E-state index contributed by atoms with van der Waals surface area (Å²) in [7, 11) is 0. The van der Waals surface area contributed by atoms with Crippen LogP contribution in [0.3, 0.4) is 0 Å². The molecule has 5 heteroatoms. The van der Waals surface area contributed by atoms with Gasteiger partial charge in [0, 0.05) is 5.56 Å². The summed E-state index contributed by atoms with van der Waals surface area (Å²) in [6, 6.07) is 2.83. The molecule has 3 rings (SSSR count). The lowest BCUT2D eigenvalue weighted by Crippen LogP contribution is -2.32. The van der Waals surface area contributed by atoms with Crippen molar-refractivity contribution in [2.75, 3.05) is 6.61 Å². The first kappa shape index (κ1) is 13.8. The third-order valence-electron chi connectivity index (χ3n) is 4.11. The fraction of sp³-hybridized carbons (Fsp3) is 0.533. The van der Waals surface area contributed by atoms with Crippen molar-refractivity contribution in [2.24, 2.45) is 10.9 Å². The third kappa shape index (κ3) is 2.52. The van der Waals surface area contributed by atoms with Crippen molar-refractivity contribution in [3.05, 3.63) is 28.0 Å². The molecule has 1 aromatic rings. The van der Waals surface area contributed by atoms with E-state index in [0.29, 0.717) is 28.3 Å². The fourth-order valence-electron chi connectivity index (χ4n) is 2.58. The summed E-state index contributed by atoms with van der Waals surface area (Å²) in [5, 5.41) is 0. The van der Waals surface area contributed by atoms with Gasteiger partial charge in [-0.2, -0.15) is 4.99 Å². The van der Waals surface area contributed by atoms with E-state index in [1.54, 1.807) is 6.08 Å². The summed E-state index contributed by atoms with van der Waals surface area (Å²) >= 11 is 3.36. The minimum absolute atomic E-state index is 0.349. The first-order valence-electron chi connectivity index (χ1n) is 6.86. The van der Waals surface area contributed by atoms with Gasteiger partial charge in [0.25, 0.3) is 0 Å². The molecule has 0 saturated heterocycles. The SMILES string of the molecule is O=C=NC1(c2cc(F)cc(Br)c2OCC2CC2)CCC1. The van der Waals surface area contributed by atoms with Gasteiger partial charge in [0.2, 0.25) is 6.08 Å². The fourth-order valence-corrected chi connectivity index (χ4v) is 3.13. The van der Waals surface area contributed by atoms with Crippen molar-refractivity contribution in [3.63, 3.8) is 0 Å². The van der Waals surface area contributed by atoms with Crippen molar-refractivity contribution >= 4 is 22.0 Å². The number of isocyanates is 1. The molecule has 2 aliphatic rings. The summed E-state index contributed by atoms with van der Waals surface area (Å²) in [6.45, 7) is 0.637. The van der Waals surface area contributed by atoms with Crippen molar-refractivity contribution in [1.29, 1.82) is 0 Å².